The molecule has 3 nitrogen and oxygen atoms in total. The van der Waals surface area contributed by atoms with Crippen LogP contribution in [0.2, 0.25) is 0 Å². The van der Waals surface area contributed by atoms with Crippen LogP contribution in [-0.4, -0.2) is 19.6 Å². The Morgan fingerprint density at radius 3 is 2.79 bits per heavy atom. The quantitative estimate of drug-likeness (QED) is 0.845. The number of esters is 1. The number of hydrogen-bond donors (Lipinski definition) is 1. The van der Waals surface area contributed by atoms with Gasteiger partial charge in [0.1, 0.15) is 5.82 Å². The number of rotatable bonds is 4. The smallest absolute Gasteiger partial charge is 0.340 e. The maximum Gasteiger partial charge on any atom is 0.340 e. The van der Waals surface area contributed by atoms with Gasteiger partial charge in [0.15, 0.2) is 0 Å². The highest BCUT2D eigenvalue weighted by atomic mass is 19.1. The van der Waals surface area contributed by atoms with Crippen LogP contribution in [0.15, 0.2) is 18.2 Å². The van der Waals surface area contributed by atoms with Gasteiger partial charge >= 0.3 is 5.97 Å². The molecule has 0 atom stereocenters. The molecule has 0 aromatic heterocycles. The number of nitrogens with one attached hydrogen (secondary N) is 1. The molecule has 0 spiro atoms. The van der Waals surface area contributed by atoms with Crippen LogP contribution in [-0.2, 0) is 4.74 Å². The van der Waals surface area contributed by atoms with E-state index in [4.69, 9.17) is 0 Å². The van der Waals surface area contributed by atoms with E-state index in [0.29, 0.717) is 11.6 Å². The Morgan fingerprint density at radius 1 is 1.37 bits per heavy atom. The third kappa shape index (κ3) is 3.69. The van der Waals surface area contributed by atoms with Gasteiger partial charge in [-0.1, -0.05) is 19.3 Å². The van der Waals surface area contributed by atoms with Crippen LogP contribution in [0.1, 0.15) is 42.5 Å². The number of methoxy groups -OCH3 is 1. The monoisotopic (exact) mass is 265 g/mol. The summed E-state index contributed by atoms with van der Waals surface area (Å²) in [7, 11) is 1.30. The molecular formula is C15H20FNO2. The highest BCUT2D eigenvalue weighted by Gasteiger charge is 2.16. The molecule has 1 saturated carbocycles. The van der Waals surface area contributed by atoms with Gasteiger partial charge in [0, 0.05) is 12.2 Å². The first kappa shape index (κ1) is 13.8. The summed E-state index contributed by atoms with van der Waals surface area (Å²) < 4.78 is 17.9. The zero-order valence-electron chi connectivity index (χ0n) is 11.2. The second kappa shape index (κ2) is 6.55. The maximum absolute atomic E-state index is 13.2. The molecule has 1 aliphatic carbocycles. The van der Waals surface area contributed by atoms with Gasteiger partial charge in [0.05, 0.1) is 12.7 Å². The summed E-state index contributed by atoms with van der Waals surface area (Å²) in [6.45, 7) is 0.829. The molecule has 0 amide bonds. The van der Waals surface area contributed by atoms with Gasteiger partial charge in [-0.25, -0.2) is 9.18 Å². The molecule has 0 heterocycles. The van der Waals surface area contributed by atoms with Crippen molar-refractivity contribution in [3.8, 4) is 0 Å². The molecule has 0 saturated heterocycles. The van der Waals surface area contributed by atoms with Crippen LogP contribution in [0.25, 0.3) is 0 Å². The predicted octanol–water partition coefficient (Wildman–Crippen LogP) is 3.60. The summed E-state index contributed by atoms with van der Waals surface area (Å²) in [4.78, 5) is 11.6. The summed E-state index contributed by atoms with van der Waals surface area (Å²) in [5, 5.41) is 3.26. The third-order valence-electron chi connectivity index (χ3n) is 3.69. The Kier molecular flexibility index (Phi) is 4.77. The number of hydrogen-bond acceptors (Lipinski definition) is 3. The van der Waals surface area contributed by atoms with Crippen LogP contribution in [0.5, 0.6) is 0 Å². The third-order valence-corrected chi connectivity index (χ3v) is 3.69. The largest absolute Gasteiger partial charge is 0.465 e. The second-order valence-electron chi connectivity index (χ2n) is 5.07. The van der Waals surface area contributed by atoms with E-state index in [2.05, 4.69) is 10.1 Å². The fourth-order valence-electron chi connectivity index (χ4n) is 2.60. The van der Waals surface area contributed by atoms with E-state index in [9.17, 15) is 9.18 Å². The fourth-order valence-corrected chi connectivity index (χ4v) is 2.60. The van der Waals surface area contributed by atoms with E-state index in [0.717, 1.165) is 6.54 Å². The molecule has 0 bridgehead atoms. The first-order valence-corrected chi connectivity index (χ1v) is 6.82. The van der Waals surface area contributed by atoms with Gasteiger partial charge in [-0.15, -0.1) is 0 Å². The Balaban J connectivity index is 2.04. The van der Waals surface area contributed by atoms with Crippen molar-refractivity contribution in [2.45, 2.75) is 32.1 Å². The van der Waals surface area contributed by atoms with Gasteiger partial charge in [0.2, 0.25) is 0 Å². The normalized spacial score (nSPS) is 16.1. The number of benzene rings is 1. The van der Waals surface area contributed by atoms with Crippen molar-refractivity contribution in [1.82, 2.24) is 0 Å². The molecule has 4 heteroatoms. The zero-order valence-corrected chi connectivity index (χ0v) is 11.2. The molecule has 104 valence electrons. The van der Waals surface area contributed by atoms with E-state index in [1.54, 1.807) is 6.07 Å². The number of carbonyl (C=O) groups is 1. The van der Waals surface area contributed by atoms with Crippen LogP contribution >= 0.6 is 0 Å². The molecule has 1 aromatic carbocycles. The Bertz CT molecular complexity index is 442. The van der Waals surface area contributed by atoms with Crippen LogP contribution in [0, 0.1) is 11.7 Å². The SMILES string of the molecule is COC(=O)c1cc(F)ccc1NCC1CCCCC1. The minimum atomic E-state index is -0.509. The molecule has 1 aromatic rings. The first-order chi connectivity index (χ1) is 9.20. The molecule has 0 radical (unpaired) electrons. The van der Waals surface area contributed by atoms with Gasteiger partial charge < -0.3 is 10.1 Å². The average Bonchev–Trinajstić information content (AvgIpc) is 2.46. The van der Waals surface area contributed by atoms with Crippen molar-refractivity contribution in [3.05, 3.63) is 29.6 Å². The first-order valence-electron chi connectivity index (χ1n) is 6.82. The number of ether oxygens (including phenoxy) is 1. The number of halogens is 1. The molecule has 2 rings (SSSR count). The molecule has 0 aliphatic heterocycles. The van der Waals surface area contributed by atoms with Crippen molar-refractivity contribution >= 4 is 11.7 Å². The number of anilines is 1. The average molecular weight is 265 g/mol. The van der Waals surface area contributed by atoms with E-state index >= 15 is 0 Å². The van der Waals surface area contributed by atoms with Crippen LogP contribution in [0.4, 0.5) is 10.1 Å². The van der Waals surface area contributed by atoms with E-state index in [-0.39, 0.29) is 5.56 Å². The van der Waals surface area contributed by atoms with Gasteiger partial charge in [0.25, 0.3) is 0 Å². The molecule has 1 fully saturated rings. The highest BCUT2D eigenvalue weighted by Crippen LogP contribution is 2.25. The lowest BCUT2D eigenvalue weighted by Crippen LogP contribution is -2.18. The lowest BCUT2D eigenvalue weighted by molar-refractivity contribution is 0.0601. The van der Waals surface area contributed by atoms with Crippen molar-refractivity contribution in [2.75, 3.05) is 19.0 Å². The van der Waals surface area contributed by atoms with Crippen molar-refractivity contribution < 1.29 is 13.9 Å². The summed E-state index contributed by atoms with van der Waals surface area (Å²) in [6.07, 6.45) is 6.32. The van der Waals surface area contributed by atoms with Crippen LogP contribution in [0.3, 0.4) is 0 Å². The van der Waals surface area contributed by atoms with Gasteiger partial charge in [-0.05, 0) is 37.0 Å². The fraction of sp³-hybridized carbons (Fsp3) is 0.533. The summed E-state index contributed by atoms with van der Waals surface area (Å²) in [6, 6.07) is 4.18. The molecule has 0 unspecified atom stereocenters. The highest BCUT2D eigenvalue weighted by molar-refractivity contribution is 5.95. The maximum atomic E-state index is 13.2. The van der Waals surface area contributed by atoms with Crippen molar-refractivity contribution in [3.63, 3.8) is 0 Å². The summed E-state index contributed by atoms with van der Waals surface area (Å²) in [5.74, 6) is -0.293. The van der Waals surface area contributed by atoms with Crippen molar-refractivity contribution in [1.29, 1.82) is 0 Å². The topological polar surface area (TPSA) is 38.3 Å². The Labute approximate surface area is 113 Å². The molecule has 1 N–H and O–H groups in total. The molecule has 19 heavy (non-hydrogen) atoms. The van der Waals surface area contributed by atoms with Gasteiger partial charge in [-0.2, -0.15) is 0 Å². The predicted molar refractivity (Wildman–Crippen MR) is 72.8 cm³/mol. The van der Waals surface area contributed by atoms with Gasteiger partial charge in [-0.3, -0.25) is 0 Å². The Morgan fingerprint density at radius 2 is 2.11 bits per heavy atom. The summed E-state index contributed by atoms with van der Waals surface area (Å²) >= 11 is 0. The van der Waals surface area contributed by atoms with Crippen molar-refractivity contribution in [2.24, 2.45) is 5.92 Å². The minimum Gasteiger partial charge on any atom is -0.465 e. The molecule has 1 aliphatic rings. The second-order valence-corrected chi connectivity index (χ2v) is 5.07. The minimum absolute atomic E-state index is 0.262. The zero-order chi connectivity index (χ0) is 13.7. The van der Waals surface area contributed by atoms with E-state index in [1.165, 1.54) is 51.3 Å². The summed E-state index contributed by atoms with van der Waals surface area (Å²) in [5.41, 5.74) is 0.914. The molecular weight excluding hydrogens is 245 g/mol. The van der Waals surface area contributed by atoms with E-state index < -0.39 is 11.8 Å². The number of carbonyl (C=O) groups excluding carboxylic acids is 1. The van der Waals surface area contributed by atoms with Crippen LogP contribution < -0.4 is 5.32 Å². The standard InChI is InChI=1S/C15H20FNO2/c1-19-15(18)13-9-12(16)7-8-14(13)17-10-11-5-3-2-4-6-11/h7-9,11,17H,2-6,10H2,1H3. The lowest BCUT2D eigenvalue weighted by atomic mass is 9.89. The lowest BCUT2D eigenvalue weighted by Gasteiger charge is -2.22. The Hall–Kier alpha value is -1.58. The van der Waals surface area contributed by atoms with E-state index in [1.807, 2.05) is 0 Å².